The molecule has 0 aliphatic carbocycles. The van der Waals surface area contributed by atoms with Crippen LogP contribution in [0.25, 0.3) is 0 Å². The molecular formula is C13H26N2O. The summed E-state index contributed by atoms with van der Waals surface area (Å²) in [6.07, 6.45) is 8.19. The zero-order valence-electron chi connectivity index (χ0n) is 10.4. The minimum Gasteiger partial charge on any atom is -0.378 e. The fourth-order valence-electron chi connectivity index (χ4n) is 2.09. The van der Waals surface area contributed by atoms with Gasteiger partial charge in [0.05, 0.1) is 6.10 Å². The Morgan fingerprint density at radius 2 is 2.06 bits per heavy atom. The van der Waals surface area contributed by atoms with Gasteiger partial charge in [0.15, 0.2) is 0 Å². The van der Waals surface area contributed by atoms with E-state index in [-0.39, 0.29) is 0 Å². The molecule has 16 heavy (non-hydrogen) atoms. The first-order chi connectivity index (χ1) is 7.86. The quantitative estimate of drug-likeness (QED) is 0.506. The van der Waals surface area contributed by atoms with E-state index >= 15 is 0 Å². The van der Waals surface area contributed by atoms with Crippen LogP contribution in [0.4, 0.5) is 0 Å². The Labute approximate surface area is 99.6 Å². The summed E-state index contributed by atoms with van der Waals surface area (Å²) in [5.41, 5.74) is 5.44. The Balaban J connectivity index is 2.02. The van der Waals surface area contributed by atoms with E-state index in [1.165, 1.54) is 38.9 Å². The molecule has 1 saturated heterocycles. The molecule has 0 saturated carbocycles. The summed E-state index contributed by atoms with van der Waals surface area (Å²) in [6.45, 7) is 8.90. The molecule has 0 aromatic heterocycles. The first-order valence-corrected chi connectivity index (χ1v) is 6.51. The second kappa shape index (κ2) is 8.74. The van der Waals surface area contributed by atoms with Gasteiger partial charge in [-0.05, 0) is 45.2 Å². The van der Waals surface area contributed by atoms with Crippen molar-refractivity contribution in [1.29, 1.82) is 0 Å². The van der Waals surface area contributed by atoms with E-state index in [1.54, 1.807) is 0 Å². The Morgan fingerprint density at radius 1 is 1.31 bits per heavy atom. The summed E-state index contributed by atoms with van der Waals surface area (Å²) in [6, 6.07) is 0. The Bertz CT molecular complexity index is 177. The van der Waals surface area contributed by atoms with Gasteiger partial charge in [0.2, 0.25) is 0 Å². The number of unbranched alkanes of at least 4 members (excludes halogenated alkanes) is 1. The highest BCUT2D eigenvalue weighted by Crippen LogP contribution is 2.14. The van der Waals surface area contributed by atoms with Crippen molar-refractivity contribution in [3.8, 4) is 0 Å². The summed E-state index contributed by atoms with van der Waals surface area (Å²) in [5.74, 6) is 0. The van der Waals surface area contributed by atoms with Gasteiger partial charge in [0.1, 0.15) is 0 Å². The van der Waals surface area contributed by atoms with E-state index in [9.17, 15) is 0 Å². The molecule has 1 aliphatic heterocycles. The third-order valence-electron chi connectivity index (χ3n) is 3.12. The Hall–Kier alpha value is -0.380. The van der Waals surface area contributed by atoms with Crippen molar-refractivity contribution in [2.75, 3.05) is 32.8 Å². The molecule has 3 heteroatoms. The first kappa shape index (κ1) is 13.7. The van der Waals surface area contributed by atoms with Gasteiger partial charge < -0.3 is 15.4 Å². The number of piperidine rings is 1. The predicted octanol–water partition coefficient (Wildman–Crippen LogP) is 1.78. The average Bonchev–Trinajstić information content (AvgIpc) is 2.32. The smallest absolute Gasteiger partial charge is 0.0599 e. The molecule has 0 aromatic rings. The molecule has 1 fully saturated rings. The molecule has 1 heterocycles. The highest BCUT2D eigenvalue weighted by Gasteiger charge is 2.18. The molecule has 0 spiro atoms. The van der Waals surface area contributed by atoms with Gasteiger partial charge in [-0.2, -0.15) is 0 Å². The van der Waals surface area contributed by atoms with Gasteiger partial charge in [-0.15, -0.1) is 6.58 Å². The normalized spacial score (nSPS) is 18.8. The molecule has 94 valence electrons. The van der Waals surface area contributed by atoms with Gasteiger partial charge in [-0.25, -0.2) is 0 Å². The average molecular weight is 226 g/mol. The lowest BCUT2D eigenvalue weighted by atomic mass is 10.1. The third kappa shape index (κ3) is 5.64. The van der Waals surface area contributed by atoms with Crippen molar-refractivity contribution in [1.82, 2.24) is 4.90 Å². The summed E-state index contributed by atoms with van der Waals surface area (Å²) < 4.78 is 5.77. The maximum atomic E-state index is 5.77. The van der Waals surface area contributed by atoms with Crippen molar-refractivity contribution >= 4 is 0 Å². The summed E-state index contributed by atoms with van der Waals surface area (Å²) >= 11 is 0. The van der Waals surface area contributed by atoms with Crippen LogP contribution in [0.2, 0.25) is 0 Å². The van der Waals surface area contributed by atoms with Gasteiger partial charge in [0.25, 0.3) is 0 Å². The van der Waals surface area contributed by atoms with Crippen molar-refractivity contribution in [3.05, 3.63) is 12.7 Å². The lowest BCUT2D eigenvalue weighted by molar-refractivity contribution is 0.00716. The summed E-state index contributed by atoms with van der Waals surface area (Å²) in [7, 11) is 0. The van der Waals surface area contributed by atoms with Crippen LogP contribution in [0.15, 0.2) is 12.7 Å². The number of allylic oxidation sites excluding steroid dienone is 1. The Morgan fingerprint density at radius 3 is 2.69 bits per heavy atom. The molecule has 0 unspecified atom stereocenters. The molecule has 2 N–H and O–H groups in total. The fraction of sp³-hybridized carbons (Fsp3) is 0.846. The number of rotatable bonds is 8. The largest absolute Gasteiger partial charge is 0.378 e. The molecule has 0 radical (unpaired) electrons. The minimum absolute atomic E-state index is 0.474. The van der Waals surface area contributed by atoms with Crippen LogP contribution in [0, 0.1) is 0 Å². The Kier molecular flexibility index (Phi) is 7.47. The highest BCUT2D eigenvalue weighted by atomic mass is 16.5. The van der Waals surface area contributed by atoms with Gasteiger partial charge >= 0.3 is 0 Å². The van der Waals surface area contributed by atoms with E-state index < -0.39 is 0 Å². The van der Waals surface area contributed by atoms with Gasteiger partial charge in [-0.1, -0.05) is 6.08 Å². The lowest BCUT2D eigenvalue weighted by Gasteiger charge is -2.31. The van der Waals surface area contributed by atoms with Crippen LogP contribution in [0.5, 0.6) is 0 Å². The molecule has 3 nitrogen and oxygen atoms in total. The fourth-order valence-corrected chi connectivity index (χ4v) is 2.09. The molecule has 0 atom stereocenters. The van der Waals surface area contributed by atoms with Crippen molar-refractivity contribution in [3.63, 3.8) is 0 Å². The first-order valence-electron chi connectivity index (χ1n) is 6.51. The third-order valence-corrected chi connectivity index (χ3v) is 3.12. The topological polar surface area (TPSA) is 38.5 Å². The number of nitrogens with zero attached hydrogens (tertiary/aromatic N) is 1. The van der Waals surface area contributed by atoms with Crippen LogP contribution in [0.3, 0.4) is 0 Å². The van der Waals surface area contributed by atoms with E-state index in [0.29, 0.717) is 6.10 Å². The minimum atomic E-state index is 0.474. The van der Waals surface area contributed by atoms with Crippen molar-refractivity contribution in [2.24, 2.45) is 5.73 Å². The lowest BCUT2D eigenvalue weighted by Crippen LogP contribution is -2.37. The molecule has 1 rings (SSSR count). The number of likely N-dealkylation sites (tertiary alicyclic amines) is 1. The maximum absolute atomic E-state index is 5.77. The SMILES string of the molecule is C=CCCCN1CCC(OCCCN)CC1. The van der Waals surface area contributed by atoms with Crippen LogP contribution >= 0.6 is 0 Å². The molecule has 0 amide bonds. The van der Waals surface area contributed by atoms with Crippen LogP contribution in [0.1, 0.15) is 32.1 Å². The van der Waals surface area contributed by atoms with Gasteiger partial charge in [0, 0.05) is 19.7 Å². The van der Waals surface area contributed by atoms with E-state index in [0.717, 1.165) is 26.0 Å². The molecular weight excluding hydrogens is 200 g/mol. The second-order valence-electron chi connectivity index (χ2n) is 4.48. The number of ether oxygens (including phenoxy) is 1. The zero-order chi connectivity index (χ0) is 11.6. The number of hydrogen-bond acceptors (Lipinski definition) is 3. The van der Waals surface area contributed by atoms with Crippen LogP contribution in [-0.4, -0.2) is 43.8 Å². The standard InChI is InChI=1S/C13H26N2O/c1-2-3-4-9-15-10-6-13(7-11-15)16-12-5-8-14/h2,13H,1,3-12,14H2. The molecule has 0 aromatic carbocycles. The summed E-state index contributed by atoms with van der Waals surface area (Å²) in [4.78, 5) is 2.53. The molecule has 1 aliphatic rings. The monoisotopic (exact) mass is 226 g/mol. The van der Waals surface area contributed by atoms with Crippen LogP contribution < -0.4 is 5.73 Å². The zero-order valence-corrected chi connectivity index (χ0v) is 10.4. The van der Waals surface area contributed by atoms with E-state index in [4.69, 9.17) is 10.5 Å². The number of nitrogens with two attached hydrogens (primary N) is 1. The van der Waals surface area contributed by atoms with Crippen molar-refractivity contribution in [2.45, 2.75) is 38.2 Å². The summed E-state index contributed by atoms with van der Waals surface area (Å²) in [5, 5.41) is 0. The van der Waals surface area contributed by atoms with Crippen molar-refractivity contribution < 1.29 is 4.74 Å². The van der Waals surface area contributed by atoms with Gasteiger partial charge in [-0.3, -0.25) is 0 Å². The van der Waals surface area contributed by atoms with E-state index in [1.807, 2.05) is 6.08 Å². The number of hydrogen-bond donors (Lipinski definition) is 1. The maximum Gasteiger partial charge on any atom is 0.0599 e. The molecule has 0 bridgehead atoms. The second-order valence-corrected chi connectivity index (χ2v) is 4.48. The van der Waals surface area contributed by atoms with E-state index in [2.05, 4.69) is 11.5 Å². The predicted molar refractivity (Wildman–Crippen MR) is 68.5 cm³/mol. The highest BCUT2D eigenvalue weighted by molar-refractivity contribution is 4.74. The van der Waals surface area contributed by atoms with Crippen LogP contribution in [-0.2, 0) is 4.74 Å².